The zero-order chi connectivity index (χ0) is 13.3. The van der Waals surface area contributed by atoms with Crippen LogP contribution in [0, 0.1) is 6.92 Å². The minimum absolute atomic E-state index is 0.367. The Morgan fingerprint density at radius 1 is 1.33 bits per heavy atom. The van der Waals surface area contributed by atoms with Gasteiger partial charge in [0, 0.05) is 23.1 Å². The Hall–Kier alpha value is -1.77. The summed E-state index contributed by atoms with van der Waals surface area (Å²) in [6.45, 7) is 7.37. The number of aromatic carboxylic acids is 1. The van der Waals surface area contributed by atoms with Crippen LogP contribution < -0.4 is 0 Å². The molecule has 0 amide bonds. The topological polar surface area (TPSA) is 42.2 Å². The van der Waals surface area contributed by atoms with Gasteiger partial charge in [0.1, 0.15) is 0 Å². The molecule has 2 aromatic rings. The van der Waals surface area contributed by atoms with Crippen molar-refractivity contribution in [3.05, 3.63) is 35.0 Å². The van der Waals surface area contributed by atoms with Gasteiger partial charge in [0.15, 0.2) is 0 Å². The largest absolute Gasteiger partial charge is 0.478 e. The number of hydrogen-bond donors (Lipinski definition) is 1. The lowest BCUT2D eigenvalue weighted by atomic mass is 10.1. The van der Waals surface area contributed by atoms with E-state index in [2.05, 4.69) is 25.3 Å². The molecule has 0 spiro atoms. The number of aromatic nitrogens is 1. The first-order valence-electron chi connectivity index (χ1n) is 6.45. The highest BCUT2D eigenvalue weighted by atomic mass is 16.4. The molecule has 0 aliphatic carbocycles. The molecule has 3 heteroatoms. The fraction of sp³-hybridized carbons (Fsp3) is 0.400. The summed E-state index contributed by atoms with van der Waals surface area (Å²) in [5.41, 5.74) is 4.04. The van der Waals surface area contributed by atoms with Crippen LogP contribution in [-0.2, 0) is 13.0 Å². The molecule has 0 aliphatic heterocycles. The third-order valence-corrected chi connectivity index (χ3v) is 3.50. The molecule has 18 heavy (non-hydrogen) atoms. The van der Waals surface area contributed by atoms with Gasteiger partial charge in [-0.3, -0.25) is 0 Å². The van der Waals surface area contributed by atoms with Crippen LogP contribution in [0.25, 0.3) is 10.9 Å². The first kappa shape index (κ1) is 12.7. The third-order valence-electron chi connectivity index (χ3n) is 3.50. The molecular formula is C15H19NO2. The van der Waals surface area contributed by atoms with Crippen LogP contribution in [0.2, 0.25) is 0 Å². The average Bonchev–Trinajstić information content (AvgIpc) is 2.62. The molecule has 0 radical (unpaired) electrons. The van der Waals surface area contributed by atoms with Gasteiger partial charge in [-0.2, -0.15) is 0 Å². The summed E-state index contributed by atoms with van der Waals surface area (Å²) in [5.74, 6) is -0.861. The maximum atomic E-state index is 11.1. The van der Waals surface area contributed by atoms with Crippen LogP contribution in [0.4, 0.5) is 0 Å². The van der Waals surface area contributed by atoms with Gasteiger partial charge >= 0.3 is 5.97 Å². The van der Waals surface area contributed by atoms with Crippen molar-refractivity contribution in [3.8, 4) is 0 Å². The van der Waals surface area contributed by atoms with Gasteiger partial charge in [-0.25, -0.2) is 4.79 Å². The van der Waals surface area contributed by atoms with Gasteiger partial charge in [-0.15, -0.1) is 0 Å². The summed E-state index contributed by atoms with van der Waals surface area (Å²) < 4.78 is 2.29. The molecule has 2 rings (SSSR count). The standard InChI is InChI=1S/C15H19NO2/c1-4-8-16-10(3)12(5-2)13-9-11(15(17)18)6-7-14(13)16/h6-7,9H,4-5,8H2,1-3H3,(H,17,18). The van der Waals surface area contributed by atoms with Crippen LogP contribution in [0.3, 0.4) is 0 Å². The molecule has 1 aromatic heterocycles. The van der Waals surface area contributed by atoms with E-state index in [9.17, 15) is 4.79 Å². The van der Waals surface area contributed by atoms with Gasteiger partial charge in [0.05, 0.1) is 5.56 Å². The highest BCUT2D eigenvalue weighted by Crippen LogP contribution is 2.27. The van der Waals surface area contributed by atoms with E-state index in [0.29, 0.717) is 5.56 Å². The SMILES string of the molecule is CCCn1c(C)c(CC)c2cc(C(=O)O)ccc21. The number of carbonyl (C=O) groups is 1. The van der Waals surface area contributed by atoms with E-state index in [4.69, 9.17) is 5.11 Å². The van der Waals surface area contributed by atoms with E-state index >= 15 is 0 Å². The molecular weight excluding hydrogens is 226 g/mol. The smallest absolute Gasteiger partial charge is 0.335 e. The van der Waals surface area contributed by atoms with Crippen molar-refractivity contribution in [2.24, 2.45) is 0 Å². The number of fused-ring (bicyclic) bond motifs is 1. The van der Waals surface area contributed by atoms with Crippen molar-refractivity contribution < 1.29 is 9.90 Å². The van der Waals surface area contributed by atoms with E-state index in [1.165, 1.54) is 11.3 Å². The van der Waals surface area contributed by atoms with Crippen LogP contribution in [0.5, 0.6) is 0 Å². The summed E-state index contributed by atoms with van der Waals surface area (Å²) in [7, 11) is 0. The number of benzene rings is 1. The van der Waals surface area contributed by atoms with Crippen LogP contribution in [0.15, 0.2) is 18.2 Å². The Morgan fingerprint density at radius 2 is 2.06 bits per heavy atom. The predicted molar refractivity (Wildman–Crippen MR) is 73.3 cm³/mol. The van der Waals surface area contributed by atoms with E-state index in [-0.39, 0.29) is 0 Å². The number of hydrogen-bond acceptors (Lipinski definition) is 1. The van der Waals surface area contributed by atoms with E-state index in [0.717, 1.165) is 30.3 Å². The molecule has 1 heterocycles. The van der Waals surface area contributed by atoms with Crippen molar-refractivity contribution in [1.82, 2.24) is 4.57 Å². The predicted octanol–water partition coefficient (Wildman–Crippen LogP) is 3.62. The summed E-state index contributed by atoms with van der Waals surface area (Å²) in [4.78, 5) is 11.1. The number of carboxylic acids is 1. The molecule has 0 aliphatic rings. The quantitative estimate of drug-likeness (QED) is 0.893. The van der Waals surface area contributed by atoms with Crippen molar-refractivity contribution in [2.45, 2.75) is 40.2 Å². The number of aryl methyl sites for hydroxylation is 2. The highest BCUT2D eigenvalue weighted by Gasteiger charge is 2.14. The Kier molecular flexibility index (Phi) is 3.41. The minimum atomic E-state index is -0.861. The number of carboxylic acid groups (broad SMARTS) is 1. The summed E-state index contributed by atoms with van der Waals surface area (Å²) in [6.07, 6.45) is 2.01. The van der Waals surface area contributed by atoms with Gasteiger partial charge < -0.3 is 9.67 Å². The maximum absolute atomic E-state index is 11.1. The zero-order valence-electron chi connectivity index (χ0n) is 11.2. The minimum Gasteiger partial charge on any atom is -0.478 e. The number of rotatable bonds is 4. The van der Waals surface area contributed by atoms with Gasteiger partial charge in [-0.05, 0) is 43.5 Å². The Balaban J connectivity index is 2.73. The van der Waals surface area contributed by atoms with Crippen LogP contribution >= 0.6 is 0 Å². The lowest BCUT2D eigenvalue weighted by Gasteiger charge is -2.06. The molecule has 3 nitrogen and oxygen atoms in total. The molecule has 1 N–H and O–H groups in total. The lowest BCUT2D eigenvalue weighted by molar-refractivity contribution is 0.0697. The maximum Gasteiger partial charge on any atom is 0.335 e. The second kappa shape index (κ2) is 4.84. The van der Waals surface area contributed by atoms with Crippen molar-refractivity contribution >= 4 is 16.9 Å². The normalized spacial score (nSPS) is 11.1. The summed E-state index contributed by atoms with van der Waals surface area (Å²) in [5, 5.41) is 10.2. The molecule has 0 saturated heterocycles. The first-order chi connectivity index (χ1) is 8.60. The first-order valence-corrected chi connectivity index (χ1v) is 6.45. The van der Waals surface area contributed by atoms with Crippen molar-refractivity contribution in [1.29, 1.82) is 0 Å². The molecule has 0 atom stereocenters. The van der Waals surface area contributed by atoms with E-state index in [1.807, 2.05) is 6.07 Å². The van der Waals surface area contributed by atoms with Crippen molar-refractivity contribution in [3.63, 3.8) is 0 Å². The van der Waals surface area contributed by atoms with Crippen molar-refractivity contribution in [2.75, 3.05) is 0 Å². The summed E-state index contributed by atoms with van der Waals surface area (Å²) in [6, 6.07) is 5.42. The molecule has 1 aromatic carbocycles. The van der Waals surface area contributed by atoms with E-state index < -0.39 is 5.97 Å². The molecule has 96 valence electrons. The second-order valence-corrected chi connectivity index (χ2v) is 4.61. The Labute approximate surface area is 107 Å². The average molecular weight is 245 g/mol. The summed E-state index contributed by atoms with van der Waals surface area (Å²) >= 11 is 0. The third kappa shape index (κ3) is 1.90. The molecule has 0 bridgehead atoms. The van der Waals surface area contributed by atoms with E-state index in [1.54, 1.807) is 12.1 Å². The Bertz CT molecular complexity index is 596. The second-order valence-electron chi connectivity index (χ2n) is 4.61. The molecule has 0 unspecified atom stereocenters. The highest BCUT2D eigenvalue weighted by molar-refractivity contribution is 5.95. The zero-order valence-corrected chi connectivity index (χ0v) is 11.2. The fourth-order valence-corrected chi connectivity index (χ4v) is 2.64. The van der Waals surface area contributed by atoms with Crippen LogP contribution in [-0.4, -0.2) is 15.6 Å². The van der Waals surface area contributed by atoms with Gasteiger partial charge in [-0.1, -0.05) is 13.8 Å². The van der Waals surface area contributed by atoms with Gasteiger partial charge in [0.25, 0.3) is 0 Å². The van der Waals surface area contributed by atoms with Crippen LogP contribution in [0.1, 0.15) is 41.9 Å². The molecule has 0 saturated carbocycles. The lowest BCUT2D eigenvalue weighted by Crippen LogP contribution is -1.99. The Morgan fingerprint density at radius 3 is 2.61 bits per heavy atom. The monoisotopic (exact) mass is 245 g/mol. The molecule has 0 fully saturated rings. The van der Waals surface area contributed by atoms with Gasteiger partial charge in [0.2, 0.25) is 0 Å². The fourth-order valence-electron chi connectivity index (χ4n) is 2.64. The number of nitrogens with zero attached hydrogens (tertiary/aromatic N) is 1.